The zero-order valence-corrected chi connectivity index (χ0v) is 11.7. The van der Waals surface area contributed by atoms with Crippen LogP contribution in [0.2, 0.25) is 0 Å². The van der Waals surface area contributed by atoms with Crippen molar-refractivity contribution >= 4 is 16.7 Å². The van der Waals surface area contributed by atoms with E-state index in [0.29, 0.717) is 6.04 Å². The predicted octanol–water partition coefficient (Wildman–Crippen LogP) is 2.39. The first-order valence-corrected chi connectivity index (χ1v) is 7.17. The van der Waals surface area contributed by atoms with Gasteiger partial charge in [-0.05, 0) is 31.0 Å². The molecular weight excluding hydrogens is 236 g/mol. The van der Waals surface area contributed by atoms with Gasteiger partial charge in [-0.2, -0.15) is 0 Å². The molecule has 4 heteroatoms. The van der Waals surface area contributed by atoms with E-state index < -0.39 is 0 Å². The topological polar surface area (TPSA) is 44.0 Å². The van der Waals surface area contributed by atoms with Crippen LogP contribution in [-0.4, -0.2) is 36.1 Å². The van der Waals surface area contributed by atoms with E-state index in [1.807, 2.05) is 12.4 Å². The molecule has 1 fully saturated rings. The molecule has 0 aromatic carbocycles. The second-order valence-electron chi connectivity index (χ2n) is 5.41. The van der Waals surface area contributed by atoms with Crippen molar-refractivity contribution in [2.75, 3.05) is 25.0 Å². The SMILES string of the molecule is CC[C@@H]1CCNC[C@@H]1N(C)c1ccnc2[nH]ccc12. The van der Waals surface area contributed by atoms with Crippen molar-refractivity contribution in [2.45, 2.75) is 25.8 Å². The monoisotopic (exact) mass is 258 g/mol. The number of hydrogen-bond donors (Lipinski definition) is 2. The maximum atomic E-state index is 4.37. The van der Waals surface area contributed by atoms with Crippen LogP contribution in [0.3, 0.4) is 0 Å². The minimum atomic E-state index is 0.569. The lowest BCUT2D eigenvalue weighted by atomic mass is 9.89. The number of hydrogen-bond acceptors (Lipinski definition) is 3. The molecule has 0 aliphatic carbocycles. The molecule has 2 aromatic heterocycles. The summed E-state index contributed by atoms with van der Waals surface area (Å²) in [4.78, 5) is 9.99. The second kappa shape index (κ2) is 5.21. The van der Waals surface area contributed by atoms with Gasteiger partial charge in [-0.15, -0.1) is 0 Å². The maximum Gasteiger partial charge on any atom is 0.139 e. The smallest absolute Gasteiger partial charge is 0.139 e. The maximum absolute atomic E-state index is 4.37. The fraction of sp³-hybridized carbons (Fsp3) is 0.533. The highest BCUT2D eigenvalue weighted by Gasteiger charge is 2.27. The zero-order chi connectivity index (χ0) is 13.2. The van der Waals surface area contributed by atoms with E-state index in [1.165, 1.54) is 23.9 Å². The molecule has 0 saturated carbocycles. The van der Waals surface area contributed by atoms with Gasteiger partial charge in [0.15, 0.2) is 0 Å². The van der Waals surface area contributed by atoms with Gasteiger partial charge < -0.3 is 15.2 Å². The summed E-state index contributed by atoms with van der Waals surface area (Å²) in [5.74, 6) is 0.772. The normalized spacial score (nSPS) is 23.7. The Morgan fingerprint density at radius 3 is 3.16 bits per heavy atom. The van der Waals surface area contributed by atoms with Crippen molar-refractivity contribution in [3.63, 3.8) is 0 Å². The van der Waals surface area contributed by atoms with E-state index in [0.717, 1.165) is 24.7 Å². The van der Waals surface area contributed by atoms with Gasteiger partial charge in [-0.25, -0.2) is 4.98 Å². The fourth-order valence-electron chi connectivity index (χ4n) is 3.26. The van der Waals surface area contributed by atoms with Crippen molar-refractivity contribution < 1.29 is 0 Å². The Labute approximate surface area is 114 Å². The summed E-state index contributed by atoms with van der Waals surface area (Å²) >= 11 is 0. The van der Waals surface area contributed by atoms with E-state index in [-0.39, 0.29) is 0 Å². The quantitative estimate of drug-likeness (QED) is 0.888. The third-order valence-corrected chi connectivity index (χ3v) is 4.43. The number of nitrogens with one attached hydrogen (secondary N) is 2. The Bertz CT molecular complexity index is 548. The van der Waals surface area contributed by atoms with Crippen LogP contribution >= 0.6 is 0 Å². The van der Waals surface area contributed by atoms with Gasteiger partial charge in [-0.1, -0.05) is 13.3 Å². The van der Waals surface area contributed by atoms with Crippen LogP contribution in [-0.2, 0) is 0 Å². The molecule has 0 radical (unpaired) electrons. The van der Waals surface area contributed by atoms with Gasteiger partial charge in [0, 0.05) is 43.1 Å². The molecule has 102 valence electrons. The number of nitrogens with zero attached hydrogens (tertiary/aromatic N) is 2. The van der Waals surface area contributed by atoms with Crippen LogP contribution in [0.15, 0.2) is 24.5 Å². The largest absolute Gasteiger partial charge is 0.369 e. The lowest BCUT2D eigenvalue weighted by Crippen LogP contribution is -2.49. The number of aromatic amines is 1. The fourth-order valence-corrected chi connectivity index (χ4v) is 3.26. The number of anilines is 1. The van der Waals surface area contributed by atoms with Crippen molar-refractivity contribution in [2.24, 2.45) is 5.92 Å². The molecule has 1 aliphatic heterocycles. The highest BCUT2D eigenvalue weighted by Crippen LogP contribution is 2.29. The summed E-state index contributed by atoms with van der Waals surface area (Å²) in [5, 5.41) is 4.74. The molecule has 19 heavy (non-hydrogen) atoms. The minimum absolute atomic E-state index is 0.569. The molecule has 4 nitrogen and oxygen atoms in total. The highest BCUT2D eigenvalue weighted by molar-refractivity contribution is 5.89. The van der Waals surface area contributed by atoms with Gasteiger partial charge in [-0.3, -0.25) is 0 Å². The molecular formula is C15H22N4. The van der Waals surface area contributed by atoms with Gasteiger partial charge in [0.25, 0.3) is 0 Å². The Balaban J connectivity index is 1.94. The Morgan fingerprint density at radius 2 is 2.32 bits per heavy atom. The molecule has 2 atom stereocenters. The summed E-state index contributed by atoms with van der Waals surface area (Å²) in [5.41, 5.74) is 2.25. The van der Waals surface area contributed by atoms with Gasteiger partial charge in [0.05, 0.1) is 0 Å². The number of aromatic nitrogens is 2. The Morgan fingerprint density at radius 1 is 1.42 bits per heavy atom. The van der Waals surface area contributed by atoms with Crippen molar-refractivity contribution in [1.82, 2.24) is 15.3 Å². The first-order valence-electron chi connectivity index (χ1n) is 7.17. The zero-order valence-electron chi connectivity index (χ0n) is 11.7. The lowest BCUT2D eigenvalue weighted by Gasteiger charge is -2.39. The van der Waals surface area contributed by atoms with E-state index >= 15 is 0 Å². The number of piperidine rings is 1. The summed E-state index contributed by atoms with van der Waals surface area (Å²) in [7, 11) is 2.21. The summed E-state index contributed by atoms with van der Waals surface area (Å²) in [6, 6.07) is 4.81. The summed E-state index contributed by atoms with van der Waals surface area (Å²) in [6.45, 7) is 4.53. The van der Waals surface area contributed by atoms with E-state index in [4.69, 9.17) is 0 Å². The van der Waals surface area contributed by atoms with E-state index in [2.05, 4.69) is 46.3 Å². The second-order valence-corrected chi connectivity index (χ2v) is 5.41. The molecule has 3 rings (SSSR count). The van der Waals surface area contributed by atoms with Gasteiger partial charge in [0.1, 0.15) is 5.65 Å². The Hall–Kier alpha value is -1.55. The first kappa shape index (κ1) is 12.5. The molecule has 1 aliphatic rings. The van der Waals surface area contributed by atoms with Crippen molar-refractivity contribution in [1.29, 1.82) is 0 Å². The standard InChI is InChI=1S/C15H22N4/c1-3-11-4-7-16-10-14(11)19(2)13-6-9-18-15-12(13)5-8-17-15/h5-6,8-9,11,14,16H,3-4,7,10H2,1-2H3,(H,17,18)/t11-,14+/m1/s1. The van der Waals surface area contributed by atoms with Crippen LogP contribution in [0.5, 0.6) is 0 Å². The minimum Gasteiger partial charge on any atom is -0.369 e. The highest BCUT2D eigenvalue weighted by atomic mass is 15.2. The molecule has 0 amide bonds. The van der Waals surface area contributed by atoms with Crippen molar-refractivity contribution in [3.8, 4) is 0 Å². The average molecular weight is 258 g/mol. The van der Waals surface area contributed by atoms with Crippen LogP contribution < -0.4 is 10.2 Å². The van der Waals surface area contributed by atoms with E-state index in [1.54, 1.807) is 0 Å². The summed E-state index contributed by atoms with van der Waals surface area (Å²) < 4.78 is 0. The predicted molar refractivity (Wildman–Crippen MR) is 79.6 cm³/mol. The summed E-state index contributed by atoms with van der Waals surface area (Å²) in [6.07, 6.45) is 6.37. The molecule has 0 bridgehead atoms. The molecule has 1 saturated heterocycles. The number of H-pyrrole nitrogens is 1. The number of pyridine rings is 1. The van der Waals surface area contributed by atoms with Gasteiger partial charge in [0.2, 0.25) is 0 Å². The third kappa shape index (κ3) is 2.21. The number of likely N-dealkylation sites (N-methyl/N-ethyl adjacent to an activating group) is 1. The van der Waals surface area contributed by atoms with Crippen molar-refractivity contribution in [3.05, 3.63) is 24.5 Å². The lowest BCUT2D eigenvalue weighted by molar-refractivity contribution is 0.308. The Kier molecular flexibility index (Phi) is 3.42. The van der Waals surface area contributed by atoms with Gasteiger partial charge >= 0.3 is 0 Å². The average Bonchev–Trinajstić information content (AvgIpc) is 2.94. The van der Waals surface area contributed by atoms with Crippen LogP contribution in [0, 0.1) is 5.92 Å². The molecule has 3 heterocycles. The van der Waals surface area contributed by atoms with Crippen LogP contribution in [0.1, 0.15) is 19.8 Å². The first-order chi connectivity index (χ1) is 9.31. The van der Waals surface area contributed by atoms with Crippen LogP contribution in [0.4, 0.5) is 5.69 Å². The molecule has 0 unspecified atom stereocenters. The van der Waals surface area contributed by atoms with Crippen LogP contribution in [0.25, 0.3) is 11.0 Å². The molecule has 2 aromatic rings. The third-order valence-electron chi connectivity index (χ3n) is 4.43. The number of rotatable bonds is 3. The molecule has 0 spiro atoms. The molecule has 2 N–H and O–H groups in total. The number of fused-ring (bicyclic) bond motifs is 1. The van der Waals surface area contributed by atoms with E-state index in [9.17, 15) is 0 Å².